The topological polar surface area (TPSA) is 82.0 Å². The van der Waals surface area contributed by atoms with Crippen LogP contribution in [0.5, 0.6) is 0 Å². The van der Waals surface area contributed by atoms with Crippen LogP contribution in [0.25, 0.3) is 0 Å². The number of benzene rings is 1. The number of thiocarbonyl (C=S) groups is 1. The highest BCUT2D eigenvalue weighted by Crippen LogP contribution is 2.30. The lowest BCUT2D eigenvalue weighted by atomic mass is 9.79. The number of Topliss-reactive ketones (excluding diaryl/α,β-unsaturated/α-hetero) is 1. The van der Waals surface area contributed by atoms with Crippen LogP contribution in [0.15, 0.2) is 29.4 Å². The van der Waals surface area contributed by atoms with E-state index in [9.17, 15) is 9.59 Å². The number of aryl methyl sites for hydroxylation is 1. The second-order valence-electron chi connectivity index (χ2n) is 8.36. The molecule has 0 aromatic heterocycles. The molecule has 29 heavy (non-hydrogen) atoms. The van der Waals surface area contributed by atoms with E-state index in [1.165, 1.54) is 17.3 Å². The Balaban J connectivity index is 1.44. The van der Waals surface area contributed by atoms with Crippen molar-refractivity contribution in [2.45, 2.75) is 50.6 Å². The third-order valence-electron chi connectivity index (χ3n) is 6.55. The van der Waals surface area contributed by atoms with Crippen molar-refractivity contribution in [3.05, 3.63) is 35.4 Å². The Morgan fingerprint density at radius 1 is 1.28 bits per heavy atom. The number of hydrogen-bond acceptors (Lipinski definition) is 6. The Hall–Kier alpha value is -2.12. The van der Waals surface area contributed by atoms with Gasteiger partial charge in [-0.15, -0.1) is 0 Å². The zero-order chi connectivity index (χ0) is 20.4. The van der Waals surface area contributed by atoms with E-state index in [1.807, 2.05) is 0 Å². The van der Waals surface area contributed by atoms with Crippen LogP contribution in [-0.4, -0.2) is 58.0 Å². The molecule has 4 atom stereocenters. The van der Waals surface area contributed by atoms with Crippen LogP contribution in [0.3, 0.4) is 0 Å². The summed E-state index contributed by atoms with van der Waals surface area (Å²) in [6.45, 7) is 1.03. The van der Waals surface area contributed by atoms with Gasteiger partial charge in [0.05, 0.1) is 18.2 Å². The first-order chi connectivity index (χ1) is 14.1. The van der Waals surface area contributed by atoms with Crippen molar-refractivity contribution in [2.75, 3.05) is 13.1 Å². The van der Waals surface area contributed by atoms with Crippen LogP contribution in [0.2, 0.25) is 0 Å². The molecule has 1 amide bonds. The number of ketones is 1. The van der Waals surface area contributed by atoms with Gasteiger partial charge < -0.3 is 15.4 Å². The molecule has 0 spiro atoms. The van der Waals surface area contributed by atoms with Gasteiger partial charge in [0.15, 0.2) is 0 Å². The molecular formula is C22H27N3O3S. The highest BCUT2D eigenvalue weighted by molar-refractivity contribution is 7.80. The predicted molar refractivity (Wildman–Crippen MR) is 114 cm³/mol. The van der Waals surface area contributed by atoms with Crippen molar-refractivity contribution in [2.24, 2.45) is 17.0 Å². The smallest absolute Gasteiger partial charge is 0.241 e. The minimum absolute atomic E-state index is 0.0781. The van der Waals surface area contributed by atoms with Crippen molar-refractivity contribution in [1.29, 1.82) is 0 Å². The molecule has 0 saturated carbocycles. The third kappa shape index (κ3) is 4.12. The van der Waals surface area contributed by atoms with Crippen LogP contribution in [0.4, 0.5) is 0 Å². The van der Waals surface area contributed by atoms with Gasteiger partial charge >= 0.3 is 0 Å². The molecule has 2 fully saturated rings. The van der Waals surface area contributed by atoms with Gasteiger partial charge in [0, 0.05) is 24.4 Å². The maximum atomic E-state index is 13.2. The highest BCUT2D eigenvalue weighted by Gasteiger charge is 2.44. The summed E-state index contributed by atoms with van der Waals surface area (Å²) in [5, 5.41) is 15.1. The minimum atomic E-state index is -0.599. The first-order valence-electron chi connectivity index (χ1n) is 10.4. The number of oxime groups is 1. The Morgan fingerprint density at radius 2 is 2.07 bits per heavy atom. The summed E-state index contributed by atoms with van der Waals surface area (Å²) in [6, 6.07) is 7.62. The number of carbonyl (C=O) groups is 2. The van der Waals surface area contributed by atoms with Gasteiger partial charge in [-0.05, 0) is 49.1 Å². The number of likely N-dealkylation sites (tertiary alicyclic amines) is 1. The van der Waals surface area contributed by atoms with E-state index in [-0.39, 0.29) is 17.7 Å². The zero-order valence-electron chi connectivity index (χ0n) is 16.4. The number of fused-ring (bicyclic) bond motifs is 1. The molecule has 2 saturated heterocycles. The molecule has 4 rings (SSSR count). The van der Waals surface area contributed by atoms with Gasteiger partial charge in [-0.25, -0.2) is 0 Å². The number of nitrogens with zero attached hydrogens (tertiary/aromatic N) is 2. The number of rotatable bonds is 5. The van der Waals surface area contributed by atoms with E-state index in [2.05, 4.69) is 34.7 Å². The lowest BCUT2D eigenvalue weighted by molar-refractivity contribution is -0.136. The van der Waals surface area contributed by atoms with E-state index in [4.69, 9.17) is 17.4 Å². The predicted octanol–water partition coefficient (Wildman–Crippen LogP) is 2.16. The molecule has 0 bridgehead atoms. The van der Waals surface area contributed by atoms with E-state index in [0.29, 0.717) is 30.3 Å². The van der Waals surface area contributed by atoms with E-state index in [0.717, 1.165) is 32.1 Å². The van der Waals surface area contributed by atoms with Crippen LogP contribution in [0, 0.1) is 11.8 Å². The van der Waals surface area contributed by atoms with Crippen LogP contribution < -0.4 is 5.32 Å². The average Bonchev–Trinajstić information content (AvgIpc) is 3.34. The molecule has 0 radical (unpaired) electrons. The van der Waals surface area contributed by atoms with Crippen molar-refractivity contribution >= 4 is 35.0 Å². The molecular weight excluding hydrogens is 386 g/mol. The lowest BCUT2D eigenvalue weighted by Gasteiger charge is -2.29. The van der Waals surface area contributed by atoms with Crippen molar-refractivity contribution in [3.8, 4) is 0 Å². The lowest BCUT2D eigenvalue weighted by Crippen LogP contribution is -2.50. The number of nitrogens with one attached hydrogen (secondary N) is 1. The summed E-state index contributed by atoms with van der Waals surface area (Å²) < 4.78 is 0. The molecule has 1 aromatic rings. The summed E-state index contributed by atoms with van der Waals surface area (Å²) in [7, 11) is 0. The Kier molecular flexibility index (Phi) is 6.06. The fourth-order valence-electron chi connectivity index (χ4n) is 5.06. The first-order valence-corrected chi connectivity index (χ1v) is 10.8. The molecule has 6 nitrogen and oxygen atoms in total. The Labute approximate surface area is 176 Å². The summed E-state index contributed by atoms with van der Waals surface area (Å²) in [4.78, 5) is 28.7. The SMILES string of the molecule is O=C(C[C@H]1CCc2ccccc2C1)C1C(=S)CN[C@@H]1C(=O)N1CCC[C@H]1C=NO. The summed E-state index contributed by atoms with van der Waals surface area (Å²) in [6.07, 6.45) is 6.40. The average molecular weight is 414 g/mol. The molecule has 7 heteroatoms. The van der Waals surface area contributed by atoms with Gasteiger partial charge in [-0.3, -0.25) is 9.59 Å². The van der Waals surface area contributed by atoms with Gasteiger partial charge in [0.1, 0.15) is 11.8 Å². The second-order valence-corrected chi connectivity index (χ2v) is 8.88. The van der Waals surface area contributed by atoms with Gasteiger partial charge in [-0.1, -0.05) is 41.6 Å². The Bertz CT molecular complexity index is 840. The monoisotopic (exact) mass is 413 g/mol. The molecule has 1 aromatic carbocycles. The Morgan fingerprint density at radius 3 is 2.86 bits per heavy atom. The fourth-order valence-corrected chi connectivity index (χ4v) is 5.41. The maximum Gasteiger partial charge on any atom is 0.241 e. The van der Waals surface area contributed by atoms with Gasteiger partial charge in [0.25, 0.3) is 0 Å². The fraction of sp³-hybridized carbons (Fsp3) is 0.545. The third-order valence-corrected chi connectivity index (χ3v) is 6.95. The molecule has 154 valence electrons. The van der Waals surface area contributed by atoms with Crippen molar-refractivity contribution in [1.82, 2.24) is 10.2 Å². The number of carbonyl (C=O) groups excluding carboxylic acids is 2. The summed E-state index contributed by atoms with van der Waals surface area (Å²) >= 11 is 5.48. The second kappa shape index (κ2) is 8.71. The largest absolute Gasteiger partial charge is 0.411 e. The van der Waals surface area contributed by atoms with E-state index in [1.54, 1.807) is 4.90 Å². The molecule has 1 unspecified atom stereocenters. The zero-order valence-corrected chi connectivity index (χ0v) is 17.2. The number of amides is 1. The molecule has 2 heterocycles. The molecule has 1 aliphatic carbocycles. The quantitative estimate of drug-likeness (QED) is 0.335. The molecule has 2 aliphatic heterocycles. The maximum absolute atomic E-state index is 13.2. The van der Waals surface area contributed by atoms with E-state index < -0.39 is 12.0 Å². The molecule has 2 N–H and O–H groups in total. The van der Waals surface area contributed by atoms with Gasteiger partial charge in [0.2, 0.25) is 5.91 Å². The standard InChI is InChI=1S/C22H27N3O3S/c26-18(11-14-7-8-15-4-1-2-5-16(15)10-14)20-19(29)13-23-21(20)22(27)25-9-3-6-17(25)12-24-28/h1-2,4-5,12,14,17,20-21,23,28H,3,6-11,13H2/t14-,17-,20?,21-/m0/s1. The highest BCUT2D eigenvalue weighted by atomic mass is 32.1. The molecule has 3 aliphatic rings. The van der Waals surface area contributed by atoms with Crippen molar-refractivity contribution in [3.63, 3.8) is 0 Å². The number of hydrogen-bond donors (Lipinski definition) is 2. The van der Waals surface area contributed by atoms with Crippen molar-refractivity contribution < 1.29 is 14.8 Å². The first kappa shape index (κ1) is 20.2. The van der Waals surface area contributed by atoms with Crippen LogP contribution >= 0.6 is 12.2 Å². The summed E-state index contributed by atoms with van der Waals surface area (Å²) in [5.74, 6) is -0.270. The van der Waals surface area contributed by atoms with Crippen LogP contribution in [0.1, 0.15) is 36.8 Å². The summed E-state index contributed by atoms with van der Waals surface area (Å²) in [5.41, 5.74) is 2.72. The van der Waals surface area contributed by atoms with E-state index >= 15 is 0 Å². The van der Waals surface area contributed by atoms with Gasteiger partial charge in [-0.2, -0.15) is 0 Å². The van der Waals surface area contributed by atoms with Crippen LogP contribution in [-0.2, 0) is 22.4 Å². The normalized spacial score (nSPS) is 29.4. The minimum Gasteiger partial charge on any atom is -0.411 e.